The fourth-order valence-corrected chi connectivity index (χ4v) is 5.30. The first kappa shape index (κ1) is 13.5. The van der Waals surface area contributed by atoms with Crippen LogP contribution >= 0.6 is 11.3 Å². The summed E-state index contributed by atoms with van der Waals surface area (Å²) in [5, 5.41) is 0.940. The Bertz CT molecular complexity index is 724. The van der Waals surface area contributed by atoms with E-state index in [0.29, 0.717) is 6.04 Å². The molecule has 3 nitrogen and oxygen atoms in total. The standard InChI is InChI=1S/C17H22N2OS/c1-11-7-8-13-14(9-11)21-16-15(13)17(20)19(10-18-16)12-5-3-2-4-6-12/h10-12H,2-9H2,1H3/t11-/m1/s1. The maximum absolute atomic E-state index is 13.0. The molecule has 0 unspecified atom stereocenters. The fraction of sp³-hybridized carbons (Fsp3) is 0.647. The zero-order valence-corrected chi connectivity index (χ0v) is 13.4. The van der Waals surface area contributed by atoms with Gasteiger partial charge >= 0.3 is 0 Å². The van der Waals surface area contributed by atoms with Crippen molar-refractivity contribution < 1.29 is 0 Å². The van der Waals surface area contributed by atoms with E-state index in [2.05, 4.69) is 11.9 Å². The first-order chi connectivity index (χ1) is 10.2. The molecule has 21 heavy (non-hydrogen) atoms. The number of nitrogens with zero attached hydrogens (tertiary/aromatic N) is 2. The van der Waals surface area contributed by atoms with Crippen LogP contribution in [0.25, 0.3) is 10.2 Å². The smallest absolute Gasteiger partial charge is 0.262 e. The number of thiophene rings is 1. The highest BCUT2D eigenvalue weighted by atomic mass is 32.1. The minimum Gasteiger partial charge on any atom is -0.296 e. The van der Waals surface area contributed by atoms with Crippen molar-refractivity contribution >= 4 is 21.6 Å². The summed E-state index contributed by atoms with van der Waals surface area (Å²) in [5.41, 5.74) is 1.54. The zero-order valence-electron chi connectivity index (χ0n) is 12.6. The number of aromatic nitrogens is 2. The van der Waals surface area contributed by atoms with E-state index in [9.17, 15) is 4.79 Å². The quantitative estimate of drug-likeness (QED) is 0.795. The Morgan fingerprint density at radius 3 is 2.86 bits per heavy atom. The lowest BCUT2D eigenvalue weighted by atomic mass is 9.89. The predicted molar refractivity (Wildman–Crippen MR) is 87.2 cm³/mol. The normalized spacial score (nSPS) is 23.4. The third kappa shape index (κ3) is 2.24. The molecule has 0 N–H and O–H groups in total. The van der Waals surface area contributed by atoms with Gasteiger partial charge in [0.15, 0.2) is 0 Å². The molecule has 1 saturated carbocycles. The molecular weight excluding hydrogens is 280 g/mol. The van der Waals surface area contributed by atoms with Gasteiger partial charge in [0.2, 0.25) is 0 Å². The van der Waals surface area contributed by atoms with Gasteiger partial charge in [-0.1, -0.05) is 26.2 Å². The van der Waals surface area contributed by atoms with Gasteiger partial charge in [0.25, 0.3) is 5.56 Å². The van der Waals surface area contributed by atoms with Gasteiger partial charge in [-0.3, -0.25) is 9.36 Å². The molecule has 0 saturated heterocycles. The van der Waals surface area contributed by atoms with Gasteiger partial charge in [-0.25, -0.2) is 4.98 Å². The molecule has 1 fully saturated rings. The summed E-state index contributed by atoms with van der Waals surface area (Å²) >= 11 is 1.75. The first-order valence-electron chi connectivity index (χ1n) is 8.25. The number of rotatable bonds is 1. The van der Waals surface area contributed by atoms with E-state index in [1.54, 1.807) is 11.3 Å². The summed E-state index contributed by atoms with van der Waals surface area (Å²) in [7, 11) is 0. The summed E-state index contributed by atoms with van der Waals surface area (Å²) in [4.78, 5) is 20.0. The van der Waals surface area contributed by atoms with E-state index in [4.69, 9.17) is 0 Å². The highest BCUT2D eigenvalue weighted by molar-refractivity contribution is 7.18. The van der Waals surface area contributed by atoms with Crippen molar-refractivity contribution in [3.8, 4) is 0 Å². The van der Waals surface area contributed by atoms with E-state index in [1.807, 2.05) is 10.9 Å². The Kier molecular flexibility index (Phi) is 3.37. The van der Waals surface area contributed by atoms with Gasteiger partial charge in [0.05, 0.1) is 11.7 Å². The molecule has 112 valence electrons. The molecule has 4 rings (SSSR count). The summed E-state index contributed by atoms with van der Waals surface area (Å²) in [6.45, 7) is 2.31. The molecule has 2 aromatic rings. The molecule has 0 amide bonds. The largest absolute Gasteiger partial charge is 0.296 e. The predicted octanol–water partition coefficient (Wildman–Crippen LogP) is 4.09. The van der Waals surface area contributed by atoms with Gasteiger partial charge in [-0.2, -0.15) is 0 Å². The van der Waals surface area contributed by atoms with Crippen LogP contribution in [-0.4, -0.2) is 9.55 Å². The van der Waals surface area contributed by atoms with Crippen LogP contribution in [0.15, 0.2) is 11.1 Å². The second-order valence-electron chi connectivity index (χ2n) is 6.78. The topological polar surface area (TPSA) is 34.9 Å². The minimum absolute atomic E-state index is 0.221. The van der Waals surface area contributed by atoms with Crippen LogP contribution in [0, 0.1) is 5.92 Å². The van der Waals surface area contributed by atoms with Crippen molar-refractivity contribution in [2.24, 2.45) is 5.92 Å². The van der Waals surface area contributed by atoms with Crippen LogP contribution in [0.4, 0.5) is 0 Å². The average Bonchev–Trinajstić information content (AvgIpc) is 2.86. The number of aryl methyl sites for hydroxylation is 1. The molecular formula is C17H22N2OS. The van der Waals surface area contributed by atoms with Crippen LogP contribution in [0.3, 0.4) is 0 Å². The van der Waals surface area contributed by atoms with Crippen molar-refractivity contribution in [1.29, 1.82) is 0 Å². The Morgan fingerprint density at radius 1 is 1.24 bits per heavy atom. The minimum atomic E-state index is 0.221. The fourth-order valence-electron chi connectivity index (χ4n) is 3.96. The van der Waals surface area contributed by atoms with E-state index in [1.165, 1.54) is 36.1 Å². The molecule has 0 spiro atoms. The molecule has 0 radical (unpaired) electrons. The van der Waals surface area contributed by atoms with Gasteiger partial charge in [-0.05, 0) is 43.6 Å². The molecule has 0 aliphatic heterocycles. The molecule has 0 aromatic carbocycles. The summed E-state index contributed by atoms with van der Waals surface area (Å²) in [6, 6.07) is 0.376. The van der Waals surface area contributed by atoms with Crippen molar-refractivity contribution in [3.05, 3.63) is 27.1 Å². The van der Waals surface area contributed by atoms with Crippen LogP contribution in [0.2, 0.25) is 0 Å². The van der Waals surface area contributed by atoms with Crippen LogP contribution in [0.5, 0.6) is 0 Å². The van der Waals surface area contributed by atoms with E-state index in [-0.39, 0.29) is 5.56 Å². The molecule has 2 heterocycles. The van der Waals surface area contributed by atoms with E-state index < -0.39 is 0 Å². The zero-order chi connectivity index (χ0) is 14.4. The summed E-state index contributed by atoms with van der Waals surface area (Å²) in [5.74, 6) is 0.742. The molecule has 2 aliphatic carbocycles. The number of fused-ring (bicyclic) bond motifs is 3. The molecule has 2 aromatic heterocycles. The van der Waals surface area contributed by atoms with Crippen LogP contribution in [0.1, 0.15) is 61.9 Å². The molecule has 2 aliphatic rings. The first-order valence-corrected chi connectivity index (χ1v) is 9.07. The molecule has 4 heteroatoms. The average molecular weight is 302 g/mol. The summed E-state index contributed by atoms with van der Waals surface area (Å²) < 4.78 is 1.94. The van der Waals surface area contributed by atoms with Crippen LogP contribution < -0.4 is 5.56 Å². The SMILES string of the molecule is C[C@@H]1CCc2c(sc3ncn(C4CCCCC4)c(=O)c23)C1. The van der Waals surface area contributed by atoms with Gasteiger partial charge in [-0.15, -0.1) is 11.3 Å². The number of hydrogen-bond donors (Lipinski definition) is 0. The van der Waals surface area contributed by atoms with Gasteiger partial charge in [0, 0.05) is 10.9 Å². The second-order valence-corrected chi connectivity index (χ2v) is 7.86. The highest BCUT2D eigenvalue weighted by Gasteiger charge is 2.25. The van der Waals surface area contributed by atoms with Crippen molar-refractivity contribution in [2.45, 2.75) is 64.3 Å². The maximum atomic E-state index is 13.0. The van der Waals surface area contributed by atoms with Crippen LogP contribution in [-0.2, 0) is 12.8 Å². The Balaban J connectivity index is 1.84. The second kappa shape index (κ2) is 5.24. The maximum Gasteiger partial charge on any atom is 0.262 e. The number of hydrogen-bond acceptors (Lipinski definition) is 3. The lowest BCUT2D eigenvalue weighted by molar-refractivity contribution is 0.345. The van der Waals surface area contributed by atoms with Crippen molar-refractivity contribution in [2.75, 3.05) is 0 Å². The van der Waals surface area contributed by atoms with Gasteiger partial charge < -0.3 is 0 Å². The van der Waals surface area contributed by atoms with Gasteiger partial charge in [0.1, 0.15) is 4.83 Å². The third-order valence-corrected chi connectivity index (χ3v) is 6.37. The summed E-state index contributed by atoms with van der Waals surface area (Å²) in [6.07, 6.45) is 11.3. The lowest BCUT2D eigenvalue weighted by Gasteiger charge is -2.23. The Hall–Kier alpha value is -1.16. The third-order valence-electron chi connectivity index (χ3n) is 5.21. The highest BCUT2D eigenvalue weighted by Crippen LogP contribution is 2.36. The molecule has 1 atom stereocenters. The van der Waals surface area contributed by atoms with Crippen molar-refractivity contribution in [3.63, 3.8) is 0 Å². The Morgan fingerprint density at radius 2 is 2.05 bits per heavy atom. The van der Waals surface area contributed by atoms with E-state index in [0.717, 1.165) is 41.8 Å². The van der Waals surface area contributed by atoms with E-state index >= 15 is 0 Å². The molecule has 0 bridgehead atoms. The van der Waals surface area contributed by atoms with Crippen molar-refractivity contribution in [1.82, 2.24) is 9.55 Å². The monoisotopic (exact) mass is 302 g/mol. The lowest BCUT2D eigenvalue weighted by Crippen LogP contribution is -2.27. The Labute approximate surface area is 129 Å².